The Bertz CT molecular complexity index is 259. The molecule has 1 rings (SSSR count). The highest BCUT2D eigenvalue weighted by molar-refractivity contribution is 7.08. The highest BCUT2D eigenvalue weighted by Gasteiger charge is 2.12. The molecule has 0 aliphatic rings. The van der Waals surface area contributed by atoms with Gasteiger partial charge in [-0.25, -0.2) is 4.79 Å². The molecule has 13 heavy (non-hydrogen) atoms. The number of carbonyl (C=O) groups is 1. The summed E-state index contributed by atoms with van der Waals surface area (Å²) in [5, 5.41) is 6.95. The van der Waals surface area contributed by atoms with Crippen LogP contribution < -0.4 is 5.32 Å². The molecule has 0 saturated heterocycles. The fraction of sp³-hybridized carbons (Fsp3) is 0.444. The Morgan fingerprint density at radius 1 is 1.77 bits per heavy atom. The van der Waals surface area contributed by atoms with Crippen molar-refractivity contribution in [1.82, 2.24) is 0 Å². The normalized spacial score (nSPS) is 12.2. The van der Waals surface area contributed by atoms with Crippen molar-refractivity contribution >= 4 is 23.0 Å². The van der Waals surface area contributed by atoms with Crippen molar-refractivity contribution in [3.8, 4) is 0 Å². The monoisotopic (exact) mass is 199 g/mol. The maximum atomic E-state index is 11.2. The van der Waals surface area contributed by atoms with Gasteiger partial charge in [-0.05, 0) is 25.3 Å². The number of thiophene rings is 1. The van der Waals surface area contributed by atoms with Crippen molar-refractivity contribution in [3.63, 3.8) is 0 Å². The van der Waals surface area contributed by atoms with E-state index >= 15 is 0 Å². The second-order valence-electron chi connectivity index (χ2n) is 2.63. The van der Waals surface area contributed by atoms with Crippen LogP contribution in [0.2, 0.25) is 0 Å². The van der Waals surface area contributed by atoms with Gasteiger partial charge in [0.25, 0.3) is 0 Å². The third-order valence-corrected chi connectivity index (χ3v) is 2.23. The van der Waals surface area contributed by atoms with Gasteiger partial charge in [0.1, 0.15) is 6.04 Å². The number of nitrogens with one attached hydrogen (secondary N) is 1. The topological polar surface area (TPSA) is 38.3 Å². The molecule has 0 fully saturated rings. The van der Waals surface area contributed by atoms with Gasteiger partial charge >= 0.3 is 5.97 Å². The van der Waals surface area contributed by atoms with Gasteiger partial charge in [-0.2, -0.15) is 11.3 Å². The molecule has 1 atom stereocenters. The SMILES string of the molecule is CCOC(=O)C(C)Nc1ccsc1. The number of carbonyl (C=O) groups excluding carboxylic acids is 1. The first kappa shape index (κ1) is 10.1. The minimum Gasteiger partial charge on any atom is -0.464 e. The molecular weight excluding hydrogens is 186 g/mol. The third-order valence-electron chi connectivity index (χ3n) is 1.54. The summed E-state index contributed by atoms with van der Waals surface area (Å²) < 4.78 is 4.85. The van der Waals surface area contributed by atoms with E-state index in [0.29, 0.717) is 6.61 Å². The maximum absolute atomic E-state index is 11.2. The van der Waals surface area contributed by atoms with Gasteiger partial charge < -0.3 is 10.1 Å². The molecule has 0 aliphatic carbocycles. The average molecular weight is 199 g/mol. The molecule has 0 aromatic carbocycles. The molecule has 1 aromatic rings. The minimum atomic E-state index is -0.283. The first-order valence-corrected chi connectivity index (χ1v) is 5.13. The van der Waals surface area contributed by atoms with Crippen LogP contribution in [-0.2, 0) is 9.53 Å². The van der Waals surface area contributed by atoms with Gasteiger partial charge in [0, 0.05) is 11.1 Å². The Morgan fingerprint density at radius 2 is 2.54 bits per heavy atom. The molecule has 0 saturated carbocycles. The van der Waals surface area contributed by atoms with E-state index in [9.17, 15) is 4.79 Å². The van der Waals surface area contributed by atoms with Crippen LogP contribution in [0.4, 0.5) is 5.69 Å². The maximum Gasteiger partial charge on any atom is 0.328 e. The lowest BCUT2D eigenvalue weighted by Gasteiger charge is -2.11. The van der Waals surface area contributed by atoms with E-state index in [1.54, 1.807) is 25.2 Å². The number of hydrogen-bond donors (Lipinski definition) is 1. The molecule has 1 heterocycles. The summed E-state index contributed by atoms with van der Waals surface area (Å²) in [7, 11) is 0. The molecule has 0 radical (unpaired) electrons. The fourth-order valence-electron chi connectivity index (χ4n) is 0.923. The van der Waals surface area contributed by atoms with Gasteiger partial charge in [-0.3, -0.25) is 0 Å². The van der Waals surface area contributed by atoms with Gasteiger partial charge in [0.05, 0.1) is 6.61 Å². The summed E-state index contributed by atoms with van der Waals surface area (Å²) >= 11 is 1.59. The van der Waals surface area contributed by atoms with Crippen LogP contribution >= 0.6 is 11.3 Å². The zero-order chi connectivity index (χ0) is 9.68. The van der Waals surface area contributed by atoms with E-state index < -0.39 is 0 Å². The molecule has 72 valence electrons. The average Bonchev–Trinajstić information content (AvgIpc) is 2.57. The zero-order valence-corrected chi connectivity index (χ0v) is 8.56. The van der Waals surface area contributed by atoms with E-state index in [0.717, 1.165) is 5.69 Å². The summed E-state index contributed by atoms with van der Waals surface area (Å²) in [5.41, 5.74) is 0.963. The van der Waals surface area contributed by atoms with Gasteiger partial charge in [0.15, 0.2) is 0 Å². The van der Waals surface area contributed by atoms with Crippen molar-refractivity contribution in [2.75, 3.05) is 11.9 Å². The fourth-order valence-corrected chi connectivity index (χ4v) is 1.52. The van der Waals surface area contributed by atoms with E-state index in [4.69, 9.17) is 4.74 Å². The van der Waals surface area contributed by atoms with Crippen LogP contribution in [0.25, 0.3) is 0 Å². The summed E-state index contributed by atoms with van der Waals surface area (Å²) in [6.45, 7) is 4.01. The van der Waals surface area contributed by atoms with Crippen molar-refractivity contribution < 1.29 is 9.53 Å². The molecule has 1 unspecified atom stereocenters. The Balaban J connectivity index is 2.41. The van der Waals surface area contributed by atoms with Crippen LogP contribution in [0, 0.1) is 0 Å². The zero-order valence-electron chi connectivity index (χ0n) is 7.74. The summed E-state index contributed by atoms with van der Waals surface area (Å²) in [6.07, 6.45) is 0. The highest BCUT2D eigenvalue weighted by Crippen LogP contribution is 2.13. The molecule has 0 bridgehead atoms. The lowest BCUT2D eigenvalue weighted by molar-refractivity contribution is -0.143. The van der Waals surface area contributed by atoms with Crippen molar-refractivity contribution in [1.29, 1.82) is 0 Å². The minimum absolute atomic E-state index is 0.214. The first-order chi connectivity index (χ1) is 6.24. The number of hydrogen-bond acceptors (Lipinski definition) is 4. The van der Waals surface area contributed by atoms with E-state index in [2.05, 4.69) is 5.32 Å². The molecule has 0 spiro atoms. The molecule has 0 amide bonds. The van der Waals surface area contributed by atoms with Crippen molar-refractivity contribution in [2.45, 2.75) is 19.9 Å². The van der Waals surface area contributed by atoms with Crippen molar-refractivity contribution in [3.05, 3.63) is 16.8 Å². The van der Waals surface area contributed by atoms with E-state index in [-0.39, 0.29) is 12.0 Å². The summed E-state index contributed by atoms with van der Waals surface area (Å²) in [6, 6.07) is 1.65. The Hall–Kier alpha value is -1.03. The summed E-state index contributed by atoms with van der Waals surface area (Å²) in [4.78, 5) is 11.2. The lowest BCUT2D eigenvalue weighted by atomic mass is 10.3. The van der Waals surface area contributed by atoms with Gasteiger partial charge in [0.2, 0.25) is 0 Å². The van der Waals surface area contributed by atoms with Gasteiger partial charge in [-0.1, -0.05) is 0 Å². The Morgan fingerprint density at radius 3 is 3.08 bits per heavy atom. The predicted molar refractivity (Wildman–Crippen MR) is 54.0 cm³/mol. The van der Waals surface area contributed by atoms with Crippen LogP contribution in [0.1, 0.15) is 13.8 Å². The second kappa shape index (κ2) is 4.87. The summed E-state index contributed by atoms with van der Waals surface area (Å²) in [5.74, 6) is -0.214. The van der Waals surface area contributed by atoms with Crippen LogP contribution in [0.3, 0.4) is 0 Å². The molecular formula is C9H13NO2S. The van der Waals surface area contributed by atoms with E-state index in [1.165, 1.54) is 0 Å². The number of ether oxygens (including phenoxy) is 1. The first-order valence-electron chi connectivity index (χ1n) is 4.19. The molecule has 4 heteroatoms. The molecule has 3 nitrogen and oxygen atoms in total. The van der Waals surface area contributed by atoms with Crippen LogP contribution in [0.5, 0.6) is 0 Å². The number of anilines is 1. The standard InChI is InChI=1S/C9H13NO2S/c1-3-12-9(11)7(2)10-8-4-5-13-6-8/h4-7,10H,3H2,1-2H3. The Labute approximate surface area is 81.7 Å². The number of esters is 1. The molecule has 0 aliphatic heterocycles. The molecule has 1 N–H and O–H groups in total. The molecule has 1 aromatic heterocycles. The third kappa shape index (κ3) is 3.06. The highest BCUT2D eigenvalue weighted by atomic mass is 32.1. The van der Waals surface area contributed by atoms with Crippen LogP contribution in [0.15, 0.2) is 16.8 Å². The quantitative estimate of drug-likeness (QED) is 0.755. The largest absolute Gasteiger partial charge is 0.464 e. The Kier molecular flexibility index (Phi) is 3.76. The predicted octanol–water partition coefficient (Wildman–Crippen LogP) is 2.11. The second-order valence-corrected chi connectivity index (χ2v) is 3.41. The smallest absolute Gasteiger partial charge is 0.328 e. The van der Waals surface area contributed by atoms with Gasteiger partial charge in [-0.15, -0.1) is 0 Å². The van der Waals surface area contributed by atoms with Crippen LogP contribution in [-0.4, -0.2) is 18.6 Å². The lowest BCUT2D eigenvalue weighted by Crippen LogP contribution is -2.27. The van der Waals surface area contributed by atoms with Crippen molar-refractivity contribution in [2.24, 2.45) is 0 Å². The van der Waals surface area contributed by atoms with E-state index in [1.807, 2.05) is 16.8 Å². The number of rotatable bonds is 4.